The van der Waals surface area contributed by atoms with Crippen LogP contribution in [0.1, 0.15) is 36.8 Å². The summed E-state index contributed by atoms with van der Waals surface area (Å²) in [7, 11) is -3.67. The van der Waals surface area contributed by atoms with Crippen molar-refractivity contribution in [2.45, 2.75) is 37.5 Å². The summed E-state index contributed by atoms with van der Waals surface area (Å²) < 4.78 is 40.6. The van der Waals surface area contributed by atoms with Crippen molar-refractivity contribution in [2.75, 3.05) is 6.61 Å². The first-order chi connectivity index (χ1) is 10.4. The second-order valence-corrected chi connectivity index (χ2v) is 7.45. The SMILES string of the molecule is N#Cc1ccc(F)c(CS(=O)(=O)NC2CCC(CO)CC2)c1. The van der Waals surface area contributed by atoms with Gasteiger partial charge < -0.3 is 5.11 Å². The van der Waals surface area contributed by atoms with Gasteiger partial charge in [-0.1, -0.05) is 0 Å². The molecular weight excluding hydrogens is 307 g/mol. The average molecular weight is 326 g/mol. The lowest BCUT2D eigenvalue weighted by atomic mass is 9.87. The van der Waals surface area contributed by atoms with Gasteiger partial charge in [0.1, 0.15) is 5.82 Å². The summed E-state index contributed by atoms with van der Waals surface area (Å²) in [5, 5.41) is 17.9. The van der Waals surface area contributed by atoms with Gasteiger partial charge in [0.25, 0.3) is 0 Å². The molecule has 5 nitrogen and oxygen atoms in total. The predicted molar refractivity (Wildman–Crippen MR) is 79.7 cm³/mol. The van der Waals surface area contributed by atoms with Crippen molar-refractivity contribution in [2.24, 2.45) is 5.92 Å². The molecule has 0 atom stereocenters. The molecule has 0 amide bonds. The van der Waals surface area contributed by atoms with Crippen molar-refractivity contribution in [3.05, 3.63) is 35.1 Å². The summed E-state index contributed by atoms with van der Waals surface area (Å²) >= 11 is 0. The monoisotopic (exact) mass is 326 g/mol. The van der Waals surface area contributed by atoms with Gasteiger partial charge in [0.2, 0.25) is 10.0 Å². The lowest BCUT2D eigenvalue weighted by molar-refractivity contribution is 0.180. The minimum Gasteiger partial charge on any atom is -0.396 e. The summed E-state index contributed by atoms with van der Waals surface area (Å²) in [6.45, 7) is 0.131. The maximum absolute atomic E-state index is 13.7. The highest BCUT2D eigenvalue weighted by molar-refractivity contribution is 7.88. The molecule has 22 heavy (non-hydrogen) atoms. The van der Waals surface area contributed by atoms with Crippen molar-refractivity contribution in [3.8, 4) is 6.07 Å². The van der Waals surface area contributed by atoms with E-state index in [1.165, 1.54) is 12.1 Å². The Bertz CT molecular complexity index is 662. The second kappa shape index (κ2) is 7.18. The first-order valence-corrected chi connectivity index (χ1v) is 8.88. The van der Waals surface area contributed by atoms with E-state index in [1.807, 2.05) is 6.07 Å². The molecule has 2 rings (SSSR count). The van der Waals surface area contributed by atoms with Gasteiger partial charge in [-0.2, -0.15) is 5.26 Å². The number of rotatable bonds is 5. The standard InChI is InChI=1S/C15H19FN2O3S/c16-15-6-3-12(8-17)7-13(15)10-22(20,21)18-14-4-1-11(9-19)2-5-14/h3,6-7,11,14,18-19H,1-2,4-5,9-10H2. The third-order valence-electron chi connectivity index (χ3n) is 3.97. The van der Waals surface area contributed by atoms with Crippen LogP contribution in [0, 0.1) is 23.1 Å². The van der Waals surface area contributed by atoms with Crippen LogP contribution in [0.4, 0.5) is 4.39 Å². The van der Waals surface area contributed by atoms with Crippen molar-refractivity contribution in [1.82, 2.24) is 4.72 Å². The van der Waals surface area contributed by atoms with Gasteiger partial charge in [0.05, 0.1) is 17.4 Å². The number of nitrogens with one attached hydrogen (secondary N) is 1. The van der Waals surface area contributed by atoms with Crippen molar-refractivity contribution >= 4 is 10.0 Å². The van der Waals surface area contributed by atoms with Crippen LogP contribution in [-0.4, -0.2) is 26.2 Å². The molecule has 0 heterocycles. The fraction of sp³-hybridized carbons (Fsp3) is 0.533. The van der Waals surface area contributed by atoms with Crippen LogP contribution >= 0.6 is 0 Å². The van der Waals surface area contributed by atoms with Crippen LogP contribution in [0.5, 0.6) is 0 Å². The fourth-order valence-electron chi connectivity index (χ4n) is 2.72. The summed E-state index contributed by atoms with van der Waals surface area (Å²) in [6.07, 6.45) is 2.90. The van der Waals surface area contributed by atoms with Gasteiger partial charge in [-0.15, -0.1) is 0 Å². The minimum atomic E-state index is -3.67. The molecule has 0 unspecified atom stereocenters. The number of halogens is 1. The molecule has 0 aromatic heterocycles. The normalized spacial score (nSPS) is 22.2. The topological polar surface area (TPSA) is 90.2 Å². The molecule has 0 bridgehead atoms. The number of hydrogen-bond acceptors (Lipinski definition) is 4. The van der Waals surface area contributed by atoms with E-state index in [0.717, 1.165) is 18.9 Å². The molecule has 1 aliphatic carbocycles. The molecule has 7 heteroatoms. The molecule has 0 spiro atoms. The first kappa shape index (κ1) is 16.9. The van der Waals surface area contributed by atoms with E-state index >= 15 is 0 Å². The molecule has 2 N–H and O–H groups in total. The maximum atomic E-state index is 13.7. The highest BCUT2D eigenvalue weighted by Crippen LogP contribution is 2.24. The highest BCUT2D eigenvalue weighted by Gasteiger charge is 2.25. The van der Waals surface area contributed by atoms with Gasteiger partial charge in [0.15, 0.2) is 0 Å². The molecule has 1 fully saturated rings. The highest BCUT2D eigenvalue weighted by atomic mass is 32.2. The van der Waals surface area contributed by atoms with Crippen LogP contribution in [0.15, 0.2) is 18.2 Å². The molecule has 0 aliphatic heterocycles. The Morgan fingerprint density at radius 2 is 2.00 bits per heavy atom. The van der Waals surface area contributed by atoms with Gasteiger partial charge >= 0.3 is 0 Å². The zero-order valence-electron chi connectivity index (χ0n) is 12.1. The zero-order valence-corrected chi connectivity index (χ0v) is 12.9. The number of nitrogens with zero attached hydrogens (tertiary/aromatic N) is 1. The summed E-state index contributed by atoms with van der Waals surface area (Å²) in [5.74, 6) is -0.868. The molecule has 120 valence electrons. The molecule has 1 aromatic rings. The smallest absolute Gasteiger partial charge is 0.216 e. The number of sulfonamides is 1. The van der Waals surface area contributed by atoms with Crippen LogP contribution in [0.25, 0.3) is 0 Å². The number of aliphatic hydroxyl groups is 1. The Morgan fingerprint density at radius 3 is 2.59 bits per heavy atom. The largest absolute Gasteiger partial charge is 0.396 e. The maximum Gasteiger partial charge on any atom is 0.216 e. The molecule has 0 radical (unpaired) electrons. The van der Waals surface area contributed by atoms with E-state index in [4.69, 9.17) is 10.4 Å². The first-order valence-electron chi connectivity index (χ1n) is 7.23. The number of hydrogen-bond donors (Lipinski definition) is 2. The van der Waals surface area contributed by atoms with Crippen molar-refractivity contribution in [1.29, 1.82) is 5.26 Å². The summed E-state index contributed by atoms with van der Waals surface area (Å²) in [6, 6.07) is 5.38. The lowest BCUT2D eigenvalue weighted by Crippen LogP contribution is -2.38. The van der Waals surface area contributed by atoms with Crippen molar-refractivity contribution in [3.63, 3.8) is 0 Å². The molecule has 1 aliphatic rings. The third kappa shape index (κ3) is 4.50. The van der Waals surface area contributed by atoms with Gasteiger partial charge in [0, 0.05) is 18.2 Å². The third-order valence-corrected chi connectivity index (χ3v) is 5.36. The van der Waals surface area contributed by atoms with Crippen molar-refractivity contribution < 1.29 is 17.9 Å². The Kier molecular flexibility index (Phi) is 5.51. The fourth-order valence-corrected chi connectivity index (χ4v) is 4.18. The molecule has 1 aromatic carbocycles. The van der Waals surface area contributed by atoms with Crippen LogP contribution in [0.2, 0.25) is 0 Å². The Balaban J connectivity index is 2.01. The van der Waals surface area contributed by atoms with Gasteiger partial charge in [-0.05, 0) is 49.8 Å². The van der Waals surface area contributed by atoms with Crippen LogP contribution < -0.4 is 4.72 Å². The molecular formula is C15H19FN2O3S. The lowest BCUT2D eigenvalue weighted by Gasteiger charge is -2.27. The predicted octanol–water partition coefficient (Wildman–Crippen LogP) is 1.67. The van der Waals surface area contributed by atoms with Gasteiger partial charge in [-0.3, -0.25) is 0 Å². The Morgan fingerprint density at radius 1 is 1.32 bits per heavy atom. The molecule has 0 saturated heterocycles. The summed E-state index contributed by atoms with van der Waals surface area (Å²) in [4.78, 5) is 0. The van der Waals surface area contributed by atoms with E-state index in [-0.39, 0.29) is 29.7 Å². The van der Waals surface area contributed by atoms with E-state index in [9.17, 15) is 12.8 Å². The van der Waals surface area contributed by atoms with E-state index in [1.54, 1.807) is 0 Å². The van der Waals surface area contributed by atoms with Gasteiger partial charge in [-0.25, -0.2) is 17.5 Å². The molecule has 1 saturated carbocycles. The number of aliphatic hydroxyl groups excluding tert-OH is 1. The number of benzene rings is 1. The van der Waals surface area contributed by atoms with E-state index in [0.29, 0.717) is 12.8 Å². The van der Waals surface area contributed by atoms with E-state index in [2.05, 4.69) is 4.72 Å². The average Bonchev–Trinajstić information content (AvgIpc) is 2.49. The quantitative estimate of drug-likeness (QED) is 0.861. The van der Waals surface area contributed by atoms with Crippen LogP contribution in [0.3, 0.4) is 0 Å². The summed E-state index contributed by atoms with van der Waals surface area (Å²) in [5.41, 5.74) is 0.227. The minimum absolute atomic E-state index is 0.00408. The zero-order chi connectivity index (χ0) is 16.2. The Labute approximate surface area is 129 Å². The second-order valence-electron chi connectivity index (χ2n) is 5.70. The van der Waals surface area contributed by atoms with E-state index < -0.39 is 21.6 Å². The van der Waals surface area contributed by atoms with Crippen LogP contribution in [-0.2, 0) is 15.8 Å². The number of nitriles is 1. The Hall–Kier alpha value is -1.49.